The van der Waals surface area contributed by atoms with Crippen LogP contribution in [0.4, 0.5) is 0 Å². The van der Waals surface area contributed by atoms with Crippen molar-refractivity contribution in [1.82, 2.24) is 4.90 Å². The summed E-state index contributed by atoms with van der Waals surface area (Å²) in [6, 6.07) is 10.6. The number of carbonyl (C=O) groups is 1. The van der Waals surface area contributed by atoms with Crippen LogP contribution >= 0.6 is 0 Å². The highest BCUT2D eigenvalue weighted by molar-refractivity contribution is 5.69. The highest BCUT2D eigenvalue weighted by Crippen LogP contribution is 2.06. The maximum absolute atomic E-state index is 11.4. The number of esters is 1. The van der Waals surface area contributed by atoms with E-state index in [1.807, 2.05) is 20.0 Å². The summed E-state index contributed by atoms with van der Waals surface area (Å²) in [7, 11) is 2.05. The number of likely N-dealkylation sites (N-methyl/N-ethyl adjacent to an activating group) is 1. The topological polar surface area (TPSA) is 29.5 Å². The maximum Gasteiger partial charge on any atom is 0.307 e. The molecule has 0 aromatic heterocycles. The van der Waals surface area contributed by atoms with Gasteiger partial charge in [-0.3, -0.25) is 4.79 Å². The fourth-order valence-electron chi connectivity index (χ4n) is 1.79. The predicted octanol–water partition coefficient (Wildman–Crippen LogP) is 2.50. The third-order valence-corrected chi connectivity index (χ3v) is 3.12. The van der Waals surface area contributed by atoms with Crippen LogP contribution in [0.25, 0.3) is 0 Å². The zero-order chi connectivity index (χ0) is 13.4. The summed E-state index contributed by atoms with van der Waals surface area (Å²) < 4.78 is 4.96. The highest BCUT2D eigenvalue weighted by atomic mass is 16.5. The van der Waals surface area contributed by atoms with Crippen LogP contribution in [0.5, 0.6) is 0 Å². The van der Waals surface area contributed by atoms with E-state index in [4.69, 9.17) is 4.74 Å². The molecule has 0 unspecified atom stereocenters. The summed E-state index contributed by atoms with van der Waals surface area (Å²) in [6.45, 7) is 5.30. The molecule has 0 heterocycles. The standard InChI is InChI=1S/C15H23NO2/c1-4-18-15(17)12-13(2)16(3)11-10-14-8-6-5-7-9-14/h5-9,13H,4,10-12H2,1-3H3/t13-/m0/s1. The highest BCUT2D eigenvalue weighted by Gasteiger charge is 2.14. The second kappa shape index (κ2) is 7.88. The van der Waals surface area contributed by atoms with Crippen molar-refractivity contribution in [3.05, 3.63) is 35.9 Å². The molecule has 3 heteroatoms. The molecule has 0 bridgehead atoms. The van der Waals surface area contributed by atoms with Gasteiger partial charge in [-0.2, -0.15) is 0 Å². The maximum atomic E-state index is 11.4. The van der Waals surface area contributed by atoms with Crippen LogP contribution in [0.15, 0.2) is 30.3 Å². The van der Waals surface area contributed by atoms with Gasteiger partial charge in [-0.05, 0) is 32.9 Å². The normalized spacial score (nSPS) is 12.4. The Labute approximate surface area is 110 Å². The van der Waals surface area contributed by atoms with E-state index < -0.39 is 0 Å². The van der Waals surface area contributed by atoms with Gasteiger partial charge in [0, 0.05) is 12.6 Å². The lowest BCUT2D eigenvalue weighted by Gasteiger charge is -2.23. The van der Waals surface area contributed by atoms with Gasteiger partial charge in [0.05, 0.1) is 13.0 Å². The van der Waals surface area contributed by atoms with Gasteiger partial charge in [0.15, 0.2) is 0 Å². The number of nitrogens with zero attached hydrogens (tertiary/aromatic N) is 1. The zero-order valence-electron chi connectivity index (χ0n) is 11.6. The first-order valence-corrected chi connectivity index (χ1v) is 6.53. The summed E-state index contributed by atoms with van der Waals surface area (Å²) in [4.78, 5) is 13.6. The molecule has 3 nitrogen and oxygen atoms in total. The summed E-state index contributed by atoms with van der Waals surface area (Å²) >= 11 is 0. The lowest BCUT2D eigenvalue weighted by molar-refractivity contribution is -0.144. The van der Waals surface area contributed by atoms with Gasteiger partial charge in [-0.15, -0.1) is 0 Å². The molecule has 0 aliphatic rings. The molecule has 0 saturated carbocycles. The summed E-state index contributed by atoms with van der Waals surface area (Å²) in [6.07, 6.45) is 1.46. The molecule has 1 atom stereocenters. The number of ether oxygens (including phenoxy) is 1. The molecular weight excluding hydrogens is 226 g/mol. The Balaban J connectivity index is 2.31. The third kappa shape index (κ3) is 5.32. The Hall–Kier alpha value is -1.35. The second-order valence-corrected chi connectivity index (χ2v) is 4.57. The molecule has 0 radical (unpaired) electrons. The Morgan fingerprint density at radius 2 is 2.00 bits per heavy atom. The first-order valence-electron chi connectivity index (χ1n) is 6.53. The Bertz CT molecular complexity index is 351. The van der Waals surface area contributed by atoms with Crippen molar-refractivity contribution in [2.24, 2.45) is 0 Å². The average Bonchev–Trinajstić information content (AvgIpc) is 2.37. The van der Waals surface area contributed by atoms with Crippen LogP contribution in [0, 0.1) is 0 Å². The van der Waals surface area contributed by atoms with Crippen molar-refractivity contribution in [1.29, 1.82) is 0 Å². The van der Waals surface area contributed by atoms with Gasteiger partial charge in [0.1, 0.15) is 0 Å². The van der Waals surface area contributed by atoms with Crippen LogP contribution in [-0.2, 0) is 16.0 Å². The Morgan fingerprint density at radius 3 is 2.61 bits per heavy atom. The first kappa shape index (κ1) is 14.7. The minimum atomic E-state index is -0.114. The van der Waals surface area contributed by atoms with Gasteiger partial charge in [0.25, 0.3) is 0 Å². The molecule has 0 aliphatic carbocycles. The van der Waals surface area contributed by atoms with Crippen molar-refractivity contribution in [2.45, 2.75) is 32.7 Å². The number of rotatable bonds is 7. The van der Waals surface area contributed by atoms with E-state index in [0.29, 0.717) is 13.0 Å². The number of hydrogen-bond acceptors (Lipinski definition) is 3. The van der Waals surface area contributed by atoms with Crippen molar-refractivity contribution in [3.63, 3.8) is 0 Å². The quantitative estimate of drug-likeness (QED) is 0.695. The fraction of sp³-hybridized carbons (Fsp3) is 0.533. The van der Waals surface area contributed by atoms with E-state index in [0.717, 1.165) is 13.0 Å². The van der Waals surface area contributed by atoms with Crippen molar-refractivity contribution >= 4 is 5.97 Å². The Kier molecular flexibility index (Phi) is 6.44. The molecule has 0 spiro atoms. The van der Waals surface area contributed by atoms with E-state index >= 15 is 0 Å². The lowest BCUT2D eigenvalue weighted by Crippen LogP contribution is -2.33. The molecule has 18 heavy (non-hydrogen) atoms. The SMILES string of the molecule is CCOC(=O)C[C@H](C)N(C)CCc1ccccc1. The van der Waals surface area contributed by atoms with E-state index in [-0.39, 0.29) is 12.0 Å². The van der Waals surface area contributed by atoms with Gasteiger partial charge in [-0.1, -0.05) is 30.3 Å². The molecule has 0 N–H and O–H groups in total. The molecular formula is C15H23NO2. The zero-order valence-corrected chi connectivity index (χ0v) is 11.6. The minimum absolute atomic E-state index is 0.114. The molecule has 100 valence electrons. The van der Waals surface area contributed by atoms with Crippen LogP contribution in [0.1, 0.15) is 25.8 Å². The van der Waals surface area contributed by atoms with Crippen LogP contribution in [-0.4, -0.2) is 37.1 Å². The smallest absolute Gasteiger partial charge is 0.307 e. The molecule has 0 aliphatic heterocycles. The fourth-order valence-corrected chi connectivity index (χ4v) is 1.79. The summed E-state index contributed by atoms with van der Waals surface area (Å²) in [5.74, 6) is -0.114. The predicted molar refractivity (Wildman–Crippen MR) is 73.5 cm³/mol. The monoisotopic (exact) mass is 249 g/mol. The van der Waals surface area contributed by atoms with E-state index in [2.05, 4.69) is 36.1 Å². The van der Waals surface area contributed by atoms with Gasteiger partial charge >= 0.3 is 5.97 Å². The van der Waals surface area contributed by atoms with Gasteiger partial charge in [-0.25, -0.2) is 0 Å². The minimum Gasteiger partial charge on any atom is -0.466 e. The van der Waals surface area contributed by atoms with Crippen LogP contribution in [0.3, 0.4) is 0 Å². The van der Waals surface area contributed by atoms with Gasteiger partial charge < -0.3 is 9.64 Å². The molecule has 0 amide bonds. The first-order chi connectivity index (χ1) is 8.63. The Morgan fingerprint density at radius 1 is 1.33 bits per heavy atom. The summed E-state index contributed by atoms with van der Waals surface area (Å²) in [5.41, 5.74) is 1.33. The van der Waals surface area contributed by atoms with Crippen molar-refractivity contribution in [3.8, 4) is 0 Å². The average molecular weight is 249 g/mol. The van der Waals surface area contributed by atoms with Crippen molar-refractivity contribution < 1.29 is 9.53 Å². The molecule has 0 fully saturated rings. The van der Waals surface area contributed by atoms with E-state index in [9.17, 15) is 4.79 Å². The molecule has 1 rings (SSSR count). The number of carbonyl (C=O) groups excluding carboxylic acids is 1. The largest absolute Gasteiger partial charge is 0.466 e. The molecule has 0 saturated heterocycles. The molecule has 1 aromatic carbocycles. The number of hydrogen-bond donors (Lipinski definition) is 0. The van der Waals surface area contributed by atoms with E-state index in [1.165, 1.54) is 5.56 Å². The van der Waals surface area contributed by atoms with Crippen LogP contribution < -0.4 is 0 Å². The van der Waals surface area contributed by atoms with Gasteiger partial charge in [0.2, 0.25) is 0 Å². The van der Waals surface area contributed by atoms with Crippen LogP contribution in [0.2, 0.25) is 0 Å². The lowest BCUT2D eigenvalue weighted by atomic mass is 10.1. The number of benzene rings is 1. The third-order valence-electron chi connectivity index (χ3n) is 3.12. The van der Waals surface area contributed by atoms with Crippen molar-refractivity contribution in [2.75, 3.05) is 20.2 Å². The molecule has 1 aromatic rings. The van der Waals surface area contributed by atoms with E-state index in [1.54, 1.807) is 0 Å². The summed E-state index contributed by atoms with van der Waals surface area (Å²) in [5, 5.41) is 0. The second-order valence-electron chi connectivity index (χ2n) is 4.57.